The standard InChI is InChI=1S/C22H16ClF3N6O/c1-22(2)15-18(27)29-20(30-19(15)31-21(22)33)17-13-6-3-9(23)8-32(13)14(28-17)7-10-11(24)4-5-12(25)16(10)26/h3-6,8H,7H2,1-2H3,(H3,27,29,30,31,33). The van der Waals surface area contributed by atoms with Crippen LogP contribution in [0.25, 0.3) is 17.0 Å². The zero-order valence-electron chi connectivity index (χ0n) is 17.4. The van der Waals surface area contributed by atoms with Gasteiger partial charge in [0.05, 0.1) is 21.5 Å². The van der Waals surface area contributed by atoms with Crippen molar-refractivity contribution in [3.05, 3.63) is 69.9 Å². The smallest absolute Gasteiger partial charge is 0.235 e. The molecule has 0 bridgehead atoms. The van der Waals surface area contributed by atoms with E-state index in [-0.39, 0.29) is 41.3 Å². The van der Waals surface area contributed by atoms with Crippen molar-refractivity contribution in [1.29, 1.82) is 0 Å². The summed E-state index contributed by atoms with van der Waals surface area (Å²) in [5.41, 5.74) is 6.00. The normalized spacial score (nSPS) is 14.5. The first-order valence-corrected chi connectivity index (χ1v) is 10.2. The Morgan fingerprint density at radius 2 is 1.82 bits per heavy atom. The fourth-order valence-electron chi connectivity index (χ4n) is 3.97. The van der Waals surface area contributed by atoms with Crippen LogP contribution in [0.15, 0.2) is 30.5 Å². The number of carbonyl (C=O) groups is 1. The van der Waals surface area contributed by atoms with E-state index in [1.165, 1.54) is 10.6 Å². The number of fused-ring (bicyclic) bond motifs is 2. The monoisotopic (exact) mass is 472 g/mol. The highest BCUT2D eigenvalue weighted by molar-refractivity contribution is 6.30. The molecule has 1 amide bonds. The number of carbonyl (C=O) groups excluding carboxylic acids is 1. The van der Waals surface area contributed by atoms with Gasteiger partial charge in [0.2, 0.25) is 5.91 Å². The Labute approximate surface area is 190 Å². The minimum atomic E-state index is -1.29. The summed E-state index contributed by atoms with van der Waals surface area (Å²) in [4.78, 5) is 25.6. The summed E-state index contributed by atoms with van der Waals surface area (Å²) in [6, 6.07) is 4.82. The van der Waals surface area contributed by atoms with E-state index in [9.17, 15) is 18.0 Å². The molecule has 0 saturated heterocycles. The molecule has 1 aliphatic heterocycles. The number of nitrogen functional groups attached to an aromatic ring is 1. The SMILES string of the molecule is CC1(C)C(=O)Nc2nc(-c3nc(Cc4c(F)ccc(F)c4F)n4cc(Cl)ccc34)nc(N)c21. The summed E-state index contributed by atoms with van der Waals surface area (Å²) in [6.45, 7) is 3.42. The molecule has 0 aliphatic carbocycles. The van der Waals surface area contributed by atoms with Crippen molar-refractivity contribution in [3.63, 3.8) is 0 Å². The van der Waals surface area contributed by atoms with E-state index in [4.69, 9.17) is 17.3 Å². The number of rotatable bonds is 3. The lowest BCUT2D eigenvalue weighted by Crippen LogP contribution is -2.27. The average Bonchev–Trinajstić information content (AvgIpc) is 3.22. The van der Waals surface area contributed by atoms with Crippen molar-refractivity contribution in [2.75, 3.05) is 11.1 Å². The highest BCUT2D eigenvalue weighted by Gasteiger charge is 2.42. The van der Waals surface area contributed by atoms with E-state index in [1.54, 1.807) is 26.0 Å². The zero-order chi connectivity index (χ0) is 23.7. The molecule has 0 unspecified atom stereocenters. The predicted molar refractivity (Wildman–Crippen MR) is 116 cm³/mol. The van der Waals surface area contributed by atoms with Crippen molar-refractivity contribution in [2.24, 2.45) is 0 Å². The third-order valence-electron chi connectivity index (χ3n) is 5.72. The Kier molecular flexibility index (Phi) is 4.61. The number of nitrogens with two attached hydrogens (primary N) is 1. The van der Waals surface area contributed by atoms with Gasteiger partial charge in [-0.05, 0) is 38.1 Å². The maximum absolute atomic E-state index is 14.3. The second-order valence-electron chi connectivity index (χ2n) is 8.21. The van der Waals surface area contributed by atoms with E-state index in [0.29, 0.717) is 16.1 Å². The van der Waals surface area contributed by atoms with Crippen LogP contribution in [0.1, 0.15) is 30.8 Å². The Balaban J connectivity index is 1.70. The maximum Gasteiger partial charge on any atom is 0.235 e. The van der Waals surface area contributed by atoms with E-state index < -0.39 is 28.4 Å². The second-order valence-corrected chi connectivity index (χ2v) is 8.65. The number of hydrogen-bond donors (Lipinski definition) is 2. The van der Waals surface area contributed by atoms with Crippen LogP contribution in [0.2, 0.25) is 5.02 Å². The first kappa shape index (κ1) is 21.2. The predicted octanol–water partition coefficient (Wildman–Crippen LogP) is 4.26. The van der Waals surface area contributed by atoms with Gasteiger partial charge in [0, 0.05) is 18.2 Å². The molecule has 1 aromatic carbocycles. The zero-order valence-corrected chi connectivity index (χ0v) is 18.1. The fourth-order valence-corrected chi connectivity index (χ4v) is 4.13. The number of nitrogens with zero attached hydrogens (tertiary/aromatic N) is 4. The number of imidazole rings is 1. The van der Waals surface area contributed by atoms with Crippen molar-refractivity contribution in [2.45, 2.75) is 25.7 Å². The summed E-state index contributed by atoms with van der Waals surface area (Å²) in [7, 11) is 0. The lowest BCUT2D eigenvalue weighted by atomic mass is 9.87. The van der Waals surface area contributed by atoms with Crippen LogP contribution in [-0.4, -0.2) is 25.3 Å². The van der Waals surface area contributed by atoms with Crippen molar-refractivity contribution in [1.82, 2.24) is 19.4 Å². The lowest BCUT2D eigenvalue weighted by molar-refractivity contribution is -0.119. The molecular formula is C22H16ClF3N6O. The molecular weight excluding hydrogens is 457 g/mol. The summed E-state index contributed by atoms with van der Waals surface area (Å²) >= 11 is 6.13. The van der Waals surface area contributed by atoms with Gasteiger partial charge in [0.15, 0.2) is 17.5 Å². The maximum atomic E-state index is 14.3. The quantitative estimate of drug-likeness (QED) is 0.434. The molecule has 168 valence electrons. The van der Waals surface area contributed by atoms with E-state index in [1.807, 2.05) is 0 Å². The van der Waals surface area contributed by atoms with Crippen LogP contribution in [0.5, 0.6) is 0 Å². The van der Waals surface area contributed by atoms with Gasteiger partial charge in [-0.2, -0.15) is 0 Å². The van der Waals surface area contributed by atoms with Crippen LogP contribution < -0.4 is 11.1 Å². The van der Waals surface area contributed by atoms with Gasteiger partial charge < -0.3 is 15.5 Å². The largest absolute Gasteiger partial charge is 0.383 e. The van der Waals surface area contributed by atoms with Crippen LogP contribution in [-0.2, 0) is 16.6 Å². The number of pyridine rings is 1. The van der Waals surface area contributed by atoms with Gasteiger partial charge in [-0.1, -0.05) is 11.6 Å². The minimum Gasteiger partial charge on any atom is -0.383 e. The molecule has 33 heavy (non-hydrogen) atoms. The number of anilines is 2. The molecule has 0 atom stereocenters. The van der Waals surface area contributed by atoms with Crippen LogP contribution >= 0.6 is 11.6 Å². The van der Waals surface area contributed by atoms with Gasteiger partial charge in [0.25, 0.3) is 0 Å². The van der Waals surface area contributed by atoms with Gasteiger partial charge >= 0.3 is 0 Å². The van der Waals surface area contributed by atoms with Crippen LogP contribution in [0.4, 0.5) is 24.8 Å². The fraction of sp³-hybridized carbons (Fsp3) is 0.182. The number of amides is 1. The number of benzene rings is 1. The Hall–Kier alpha value is -3.66. The summed E-state index contributed by atoms with van der Waals surface area (Å²) in [5.74, 6) is -2.97. The molecule has 0 saturated carbocycles. The lowest BCUT2D eigenvalue weighted by Gasteiger charge is -2.16. The van der Waals surface area contributed by atoms with Gasteiger partial charge in [-0.25, -0.2) is 28.1 Å². The molecule has 0 radical (unpaired) electrons. The van der Waals surface area contributed by atoms with Crippen LogP contribution in [0.3, 0.4) is 0 Å². The first-order chi connectivity index (χ1) is 15.6. The highest BCUT2D eigenvalue weighted by Crippen LogP contribution is 2.40. The Morgan fingerprint density at radius 3 is 2.58 bits per heavy atom. The van der Waals surface area contributed by atoms with Crippen molar-refractivity contribution in [3.8, 4) is 11.5 Å². The minimum absolute atomic E-state index is 0.107. The molecule has 0 spiro atoms. The molecule has 3 N–H and O–H groups in total. The molecule has 4 heterocycles. The molecule has 0 fully saturated rings. The van der Waals surface area contributed by atoms with Crippen molar-refractivity contribution < 1.29 is 18.0 Å². The van der Waals surface area contributed by atoms with E-state index in [0.717, 1.165) is 12.1 Å². The molecule has 3 aromatic heterocycles. The van der Waals surface area contributed by atoms with E-state index in [2.05, 4.69) is 20.3 Å². The average molecular weight is 473 g/mol. The molecule has 11 heteroatoms. The Morgan fingerprint density at radius 1 is 1.09 bits per heavy atom. The third-order valence-corrected chi connectivity index (χ3v) is 5.94. The number of hydrogen-bond acceptors (Lipinski definition) is 5. The van der Waals surface area contributed by atoms with Gasteiger partial charge in [0.1, 0.15) is 29.0 Å². The van der Waals surface area contributed by atoms with Crippen LogP contribution in [0, 0.1) is 17.5 Å². The molecule has 7 nitrogen and oxygen atoms in total. The number of nitrogens with one attached hydrogen (secondary N) is 1. The topological polar surface area (TPSA) is 98.2 Å². The highest BCUT2D eigenvalue weighted by atomic mass is 35.5. The molecule has 4 aromatic rings. The van der Waals surface area contributed by atoms with Gasteiger partial charge in [-0.15, -0.1) is 0 Å². The summed E-state index contributed by atoms with van der Waals surface area (Å²) in [5, 5.41) is 3.04. The van der Waals surface area contributed by atoms with Crippen molar-refractivity contribution >= 4 is 34.7 Å². The molecule has 1 aliphatic rings. The van der Waals surface area contributed by atoms with E-state index >= 15 is 0 Å². The number of aromatic nitrogens is 4. The number of halogens is 4. The Bertz CT molecular complexity index is 1480. The summed E-state index contributed by atoms with van der Waals surface area (Å²) < 4.78 is 43.8. The van der Waals surface area contributed by atoms with Gasteiger partial charge in [-0.3, -0.25) is 4.79 Å². The summed E-state index contributed by atoms with van der Waals surface area (Å²) in [6.07, 6.45) is 1.15. The second kappa shape index (κ2) is 7.17. The third kappa shape index (κ3) is 3.20. The first-order valence-electron chi connectivity index (χ1n) is 9.86. The molecule has 5 rings (SSSR count).